The van der Waals surface area contributed by atoms with E-state index in [0.29, 0.717) is 5.92 Å². The maximum Gasteiger partial charge on any atom is 0.0584 e. The molecule has 0 aromatic carbocycles. The highest BCUT2D eigenvalue weighted by atomic mass is 16.3. The van der Waals surface area contributed by atoms with Crippen molar-refractivity contribution in [3.05, 3.63) is 12.7 Å². The van der Waals surface area contributed by atoms with E-state index in [4.69, 9.17) is 5.11 Å². The van der Waals surface area contributed by atoms with Crippen LogP contribution in [0.1, 0.15) is 20.3 Å². The van der Waals surface area contributed by atoms with Crippen LogP contribution in [-0.2, 0) is 0 Å². The Bertz CT molecular complexity index is 102. The quantitative estimate of drug-likeness (QED) is 0.567. The lowest BCUT2D eigenvalue weighted by atomic mass is 10.0. The minimum Gasteiger partial charge on any atom is -0.395 e. The first-order valence-electron chi connectivity index (χ1n) is 4.15. The van der Waals surface area contributed by atoms with Crippen LogP contribution in [0.15, 0.2) is 12.7 Å². The van der Waals surface area contributed by atoms with Gasteiger partial charge in [-0.05, 0) is 12.3 Å². The first-order valence-corrected chi connectivity index (χ1v) is 4.15. The van der Waals surface area contributed by atoms with E-state index in [1.165, 1.54) is 0 Å². The number of hydrogen-bond donors (Lipinski definition) is 2. The summed E-state index contributed by atoms with van der Waals surface area (Å²) in [4.78, 5) is 0. The SMILES string of the molecule is C=CCNC(CO)CC(C)C. The van der Waals surface area contributed by atoms with E-state index in [2.05, 4.69) is 25.7 Å². The lowest BCUT2D eigenvalue weighted by Gasteiger charge is -2.16. The smallest absolute Gasteiger partial charge is 0.0584 e. The van der Waals surface area contributed by atoms with Gasteiger partial charge in [0, 0.05) is 12.6 Å². The number of aliphatic hydroxyl groups excluding tert-OH is 1. The molecule has 1 atom stereocenters. The Balaban J connectivity index is 3.48. The van der Waals surface area contributed by atoms with E-state index in [1.807, 2.05) is 6.08 Å². The fourth-order valence-corrected chi connectivity index (χ4v) is 1.04. The van der Waals surface area contributed by atoms with Gasteiger partial charge in [-0.2, -0.15) is 0 Å². The highest BCUT2D eigenvalue weighted by Crippen LogP contribution is 2.03. The fourth-order valence-electron chi connectivity index (χ4n) is 1.04. The molecule has 0 aromatic heterocycles. The molecule has 2 nitrogen and oxygen atoms in total. The molecule has 2 heteroatoms. The Morgan fingerprint density at radius 1 is 1.55 bits per heavy atom. The maximum atomic E-state index is 8.90. The van der Waals surface area contributed by atoms with E-state index < -0.39 is 0 Å². The van der Waals surface area contributed by atoms with Crippen LogP contribution in [-0.4, -0.2) is 24.3 Å². The summed E-state index contributed by atoms with van der Waals surface area (Å²) >= 11 is 0. The summed E-state index contributed by atoms with van der Waals surface area (Å²) in [5, 5.41) is 12.1. The highest BCUT2D eigenvalue weighted by molar-refractivity contribution is 4.75. The summed E-state index contributed by atoms with van der Waals surface area (Å²) in [6.07, 6.45) is 2.83. The van der Waals surface area contributed by atoms with Crippen LogP contribution < -0.4 is 5.32 Å². The minimum absolute atomic E-state index is 0.214. The summed E-state index contributed by atoms with van der Waals surface area (Å²) in [7, 11) is 0. The van der Waals surface area contributed by atoms with Gasteiger partial charge in [-0.1, -0.05) is 19.9 Å². The van der Waals surface area contributed by atoms with E-state index in [9.17, 15) is 0 Å². The van der Waals surface area contributed by atoms with Gasteiger partial charge >= 0.3 is 0 Å². The molecule has 11 heavy (non-hydrogen) atoms. The molecule has 0 spiro atoms. The van der Waals surface area contributed by atoms with Crippen molar-refractivity contribution >= 4 is 0 Å². The van der Waals surface area contributed by atoms with Crippen LogP contribution in [0.3, 0.4) is 0 Å². The molecule has 66 valence electrons. The first-order chi connectivity index (χ1) is 5.20. The number of rotatable bonds is 6. The Labute approximate surface area is 69.3 Å². The van der Waals surface area contributed by atoms with Gasteiger partial charge in [0.15, 0.2) is 0 Å². The second-order valence-corrected chi connectivity index (χ2v) is 3.21. The summed E-state index contributed by atoms with van der Waals surface area (Å²) in [5.74, 6) is 0.629. The van der Waals surface area contributed by atoms with Crippen molar-refractivity contribution in [2.45, 2.75) is 26.3 Å². The first kappa shape index (κ1) is 10.7. The predicted octanol–water partition coefficient (Wildman–Crippen LogP) is 1.17. The third-order valence-electron chi connectivity index (χ3n) is 1.53. The molecule has 0 heterocycles. The maximum absolute atomic E-state index is 8.90. The fraction of sp³-hybridized carbons (Fsp3) is 0.778. The number of nitrogens with one attached hydrogen (secondary N) is 1. The second kappa shape index (κ2) is 6.38. The van der Waals surface area contributed by atoms with Crippen LogP contribution in [0.4, 0.5) is 0 Å². The van der Waals surface area contributed by atoms with Crippen LogP contribution in [0.2, 0.25) is 0 Å². The van der Waals surface area contributed by atoms with Gasteiger partial charge < -0.3 is 10.4 Å². The van der Waals surface area contributed by atoms with Crippen LogP contribution in [0, 0.1) is 5.92 Å². The van der Waals surface area contributed by atoms with Crippen molar-refractivity contribution in [1.29, 1.82) is 0 Å². The summed E-state index contributed by atoms with van der Waals surface area (Å²) in [6.45, 7) is 8.89. The van der Waals surface area contributed by atoms with E-state index in [0.717, 1.165) is 13.0 Å². The van der Waals surface area contributed by atoms with Crippen molar-refractivity contribution in [3.8, 4) is 0 Å². The lowest BCUT2D eigenvalue weighted by molar-refractivity contribution is 0.228. The van der Waals surface area contributed by atoms with E-state index in [1.54, 1.807) is 0 Å². The summed E-state index contributed by atoms with van der Waals surface area (Å²) < 4.78 is 0. The zero-order valence-electron chi connectivity index (χ0n) is 7.51. The van der Waals surface area contributed by atoms with Gasteiger partial charge in [0.05, 0.1) is 6.61 Å². The molecule has 2 N–H and O–H groups in total. The summed E-state index contributed by atoms with van der Waals surface area (Å²) in [6, 6.07) is 0.230. The molecule has 0 aliphatic rings. The molecule has 0 saturated carbocycles. The third-order valence-corrected chi connectivity index (χ3v) is 1.53. The topological polar surface area (TPSA) is 32.3 Å². The molecule has 0 fully saturated rings. The molecule has 0 aromatic rings. The zero-order valence-corrected chi connectivity index (χ0v) is 7.51. The number of hydrogen-bond acceptors (Lipinski definition) is 2. The average Bonchev–Trinajstić information content (AvgIpc) is 1.97. The normalized spacial score (nSPS) is 13.5. The molecular formula is C9H19NO. The van der Waals surface area contributed by atoms with Gasteiger partial charge in [0.1, 0.15) is 0 Å². The second-order valence-electron chi connectivity index (χ2n) is 3.21. The van der Waals surface area contributed by atoms with Gasteiger partial charge in [0.25, 0.3) is 0 Å². The van der Waals surface area contributed by atoms with Crippen molar-refractivity contribution < 1.29 is 5.11 Å². The lowest BCUT2D eigenvalue weighted by Crippen LogP contribution is -2.33. The average molecular weight is 157 g/mol. The zero-order chi connectivity index (χ0) is 8.69. The predicted molar refractivity (Wildman–Crippen MR) is 48.5 cm³/mol. The van der Waals surface area contributed by atoms with Gasteiger partial charge in [0.2, 0.25) is 0 Å². The largest absolute Gasteiger partial charge is 0.395 e. The van der Waals surface area contributed by atoms with Crippen LogP contribution >= 0.6 is 0 Å². The molecular weight excluding hydrogens is 138 g/mol. The molecule has 0 aliphatic carbocycles. The number of aliphatic hydroxyl groups is 1. The van der Waals surface area contributed by atoms with Crippen molar-refractivity contribution in [2.24, 2.45) is 5.92 Å². The van der Waals surface area contributed by atoms with Gasteiger partial charge in [-0.3, -0.25) is 0 Å². The molecule has 0 rings (SSSR count). The van der Waals surface area contributed by atoms with Crippen molar-refractivity contribution in [3.63, 3.8) is 0 Å². The third kappa shape index (κ3) is 6.07. The Morgan fingerprint density at radius 2 is 2.18 bits per heavy atom. The Kier molecular flexibility index (Phi) is 6.18. The van der Waals surface area contributed by atoms with E-state index >= 15 is 0 Å². The van der Waals surface area contributed by atoms with Gasteiger partial charge in [-0.15, -0.1) is 6.58 Å². The van der Waals surface area contributed by atoms with E-state index in [-0.39, 0.29) is 12.6 Å². The Morgan fingerprint density at radius 3 is 2.55 bits per heavy atom. The molecule has 0 radical (unpaired) electrons. The molecule has 0 aliphatic heterocycles. The minimum atomic E-state index is 0.214. The molecule has 0 amide bonds. The van der Waals surface area contributed by atoms with Crippen LogP contribution in [0.5, 0.6) is 0 Å². The molecule has 1 unspecified atom stereocenters. The standard InChI is InChI=1S/C9H19NO/c1-4-5-10-9(7-11)6-8(2)3/h4,8-11H,1,5-7H2,2-3H3. The molecule has 0 bridgehead atoms. The monoisotopic (exact) mass is 157 g/mol. The van der Waals surface area contributed by atoms with Gasteiger partial charge in [-0.25, -0.2) is 0 Å². The molecule has 0 saturated heterocycles. The van der Waals surface area contributed by atoms with Crippen LogP contribution in [0.25, 0.3) is 0 Å². The Hall–Kier alpha value is -0.340. The van der Waals surface area contributed by atoms with Crippen molar-refractivity contribution in [2.75, 3.05) is 13.2 Å². The highest BCUT2D eigenvalue weighted by Gasteiger charge is 2.06. The summed E-state index contributed by atoms with van der Waals surface area (Å²) in [5.41, 5.74) is 0. The van der Waals surface area contributed by atoms with Crippen molar-refractivity contribution in [1.82, 2.24) is 5.32 Å².